The van der Waals surface area contributed by atoms with Crippen LogP contribution in [0.4, 0.5) is 0 Å². The van der Waals surface area contributed by atoms with E-state index in [4.69, 9.17) is 0 Å². The highest BCUT2D eigenvalue weighted by Gasteiger charge is 2.34. The molecule has 4 heteroatoms. The summed E-state index contributed by atoms with van der Waals surface area (Å²) in [7, 11) is 2.15. The molecule has 1 aliphatic heterocycles. The van der Waals surface area contributed by atoms with Crippen molar-refractivity contribution in [3.05, 3.63) is 35.4 Å². The van der Waals surface area contributed by atoms with Crippen molar-refractivity contribution in [1.29, 1.82) is 0 Å². The van der Waals surface area contributed by atoms with E-state index in [9.17, 15) is 5.21 Å². The molecule has 96 valence electrons. The largest absolute Gasteiger partial charge is 0.411 e. The molecule has 0 aromatic heterocycles. The summed E-state index contributed by atoms with van der Waals surface area (Å²) in [5, 5.41) is 12.8. The summed E-state index contributed by atoms with van der Waals surface area (Å²) in [6.07, 6.45) is 0.781. The van der Waals surface area contributed by atoms with Crippen LogP contribution in [0.2, 0.25) is 0 Å². The van der Waals surface area contributed by atoms with Crippen LogP contribution in [0, 0.1) is 0 Å². The van der Waals surface area contributed by atoms with Gasteiger partial charge in [-0.1, -0.05) is 29.4 Å². The Morgan fingerprint density at radius 1 is 1.17 bits per heavy atom. The van der Waals surface area contributed by atoms with Gasteiger partial charge in [0.15, 0.2) is 0 Å². The first-order valence-electron chi connectivity index (χ1n) is 6.51. The van der Waals surface area contributed by atoms with Gasteiger partial charge in [-0.05, 0) is 18.2 Å². The highest BCUT2D eigenvalue weighted by atomic mass is 16.4. The molecule has 1 unspecified atom stereocenters. The number of nitrogens with zero attached hydrogens (tertiary/aromatic N) is 3. The summed E-state index contributed by atoms with van der Waals surface area (Å²) in [4.78, 5) is 4.77. The third kappa shape index (κ3) is 1.91. The van der Waals surface area contributed by atoms with E-state index in [0.717, 1.165) is 38.3 Å². The Kier molecular flexibility index (Phi) is 3.06. The lowest BCUT2D eigenvalue weighted by molar-refractivity contribution is 0.136. The maximum Gasteiger partial charge on any atom is 0.0831 e. The SMILES string of the molecule is CN1CCN(C2C(=NO)Cc3ccccc32)CC1. The number of likely N-dealkylation sites (N-methyl/N-ethyl adjacent to an activating group) is 1. The molecule has 0 bridgehead atoms. The van der Waals surface area contributed by atoms with Gasteiger partial charge in [-0.15, -0.1) is 0 Å². The zero-order valence-corrected chi connectivity index (χ0v) is 10.7. The first kappa shape index (κ1) is 11.7. The number of oxime groups is 1. The molecular weight excluding hydrogens is 226 g/mol. The van der Waals surface area contributed by atoms with Crippen LogP contribution in [0.15, 0.2) is 29.4 Å². The van der Waals surface area contributed by atoms with Gasteiger partial charge in [-0.3, -0.25) is 4.90 Å². The molecule has 1 fully saturated rings. The van der Waals surface area contributed by atoms with Crippen LogP contribution in [0.3, 0.4) is 0 Å². The number of hydrogen-bond donors (Lipinski definition) is 1. The summed E-state index contributed by atoms with van der Waals surface area (Å²) < 4.78 is 0. The quantitative estimate of drug-likeness (QED) is 0.600. The van der Waals surface area contributed by atoms with Gasteiger partial charge in [-0.2, -0.15) is 0 Å². The molecule has 1 aromatic rings. The van der Waals surface area contributed by atoms with Gasteiger partial charge in [-0.25, -0.2) is 0 Å². The zero-order chi connectivity index (χ0) is 12.5. The summed E-state index contributed by atoms with van der Waals surface area (Å²) in [5.74, 6) is 0. The lowest BCUT2D eigenvalue weighted by Crippen LogP contribution is -2.47. The molecule has 1 saturated heterocycles. The van der Waals surface area contributed by atoms with Gasteiger partial charge in [0, 0.05) is 32.6 Å². The van der Waals surface area contributed by atoms with E-state index in [-0.39, 0.29) is 6.04 Å². The smallest absolute Gasteiger partial charge is 0.0831 e. The van der Waals surface area contributed by atoms with E-state index in [1.165, 1.54) is 11.1 Å². The van der Waals surface area contributed by atoms with E-state index < -0.39 is 0 Å². The Morgan fingerprint density at radius 3 is 2.61 bits per heavy atom. The summed E-state index contributed by atoms with van der Waals surface area (Å²) in [6.45, 7) is 4.23. The molecular formula is C14H19N3O. The fraction of sp³-hybridized carbons (Fsp3) is 0.500. The Bertz CT molecular complexity index is 464. The first-order chi connectivity index (χ1) is 8.79. The maximum absolute atomic E-state index is 9.24. The number of hydrogen-bond acceptors (Lipinski definition) is 4. The minimum Gasteiger partial charge on any atom is -0.411 e. The molecule has 18 heavy (non-hydrogen) atoms. The number of benzene rings is 1. The highest BCUT2D eigenvalue weighted by Crippen LogP contribution is 2.34. The van der Waals surface area contributed by atoms with Crippen LogP contribution >= 0.6 is 0 Å². The first-order valence-corrected chi connectivity index (χ1v) is 6.51. The second-order valence-electron chi connectivity index (χ2n) is 5.21. The summed E-state index contributed by atoms with van der Waals surface area (Å²) in [5.41, 5.74) is 3.50. The Morgan fingerprint density at radius 2 is 1.89 bits per heavy atom. The van der Waals surface area contributed by atoms with E-state index >= 15 is 0 Å². The van der Waals surface area contributed by atoms with E-state index in [2.05, 4.69) is 46.3 Å². The second kappa shape index (κ2) is 4.71. The monoisotopic (exact) mass is 245 g/mol. The Balaban J connectivity index is 1.90. The minimum atomic E-state index is 0.180. The van der Waals surface area contributed by atoms with Crippen LogP contribution in [-0.4, -0.2) is 53.9 Å². The van der Waals surface area contributed by atoms with Crippen molar-refractivity contribution < 1.29 is 5.21 Å². The van der Waals surface area contributed by atoms with Gasteiger partial charge in [0.25, 0.3) is 0 Å². The number of piperazine rings is 1. The van der Waals surface area contributed by atoms with Gasteiger partial charge in [0.2, 0.25) is 0 Å². The van der Waals surface area contributed by atoms with Crippen LogP contribution in [0.1, 0.15) is 17.2 Å². The van der Waals surface area contributed by atoms with Gasteiger partial charge in [0.1, 0.15) is 0 Å². The fourth-order valence-electron chi connectivity index (χ4n) is 3.01. The molecule has 1 N–H and O–H groups in total. The lowest BCUT2D eigenvalue weighted by atomic mass is 10.1. The van der Waals surface area contributed by atoms with E-state index in [0.29, 0.717) is 0 Å². The topological polar surface area (TPSA) is 39.1 Å². The molecule has 4 nitrogen and oxygen atoms in total. The molecule has 0 spiro atoms. The molecule has 1 heterocycles. The third-order valence-electron chi connectivity index (χ3n) is 4.07. The predicted octanol–water partition coefficient (Wildman–Crippen LogP) is 1.36. The van der Waals surface area contributed by atoms with Crippen LogP contribution in [0.5, 0.6) is 0 Å². The van der Waals surface area contributed by atoms with Crippen molar-refractivity contribution in [2.45, 2.75) is 12.5 Å². The van der Waals surface area contributed by atoms with Crippen molar-refractivity contribution in [3.8, 4) is 0 Å². The van der Waals surface area contributed by atoms with Crippen LogP contribution in [0.25, 0.3) is 0 Å². The van der Waals surface area contributed by atoms with Crippen molar-refractivity contribution in [2.24, 2.45) is 5.16 Å². The maximum atomic E-state index is 9.24. The highest BCUT2D eigenvalue weighted by molar-refractivity contribution is 5.96. The van der Waals surface area contributed by atoms with Crippen LogP contribution in [-0.2, 0) is 6.42 Å². The van der Waals surface area contributed by atoms with Crippen molar-refractivity contribution >= 4 is 5.71 Å². The van der Waals surface area contributed by atoms with E-state index in [1.807, 2.05) is 0 Å². The van der Waals surface area contributed by atoms with Crippen molar-refractivity contribution in [1.82, 2.24) is 9.80 Å². The van der Waals surface area contributed by atoms with Gasteiger partial charge >= 0.3 is 0 Å². The Hall–Kier alpha value is -1.39. The lowest BCUT2D eigenvalue weighted by Gasteiger charge is -2.36. The average molecular weight is 245 g/mol. The van der Waals surface area contributed by atoms with Crippen molar-refractivity contribution in [3.63, 3.8) is 0 Å². The molecule has 2 aliphatic rings. The van der Waals surface area contributed by atoms with Gasteiger partial charge < -0.3 is 10.1 Å². The number of fused-ring (bicyclic) bond motifs is 1. The normalized spacial score (nSPS) is 27.6. The predicted molar refractivity (Wildman–Crippen MR) is 71.2 cm³/mol. The Labute approximate surface area is 108 Å². The molecule has 1 aromatic carbocycles. The van der Waals surface area contributed by atoms with Crippen molar-refractivity contribution in [2.75, 3.05) is 33.2 Å². The summed E-state index contributed by atoms with van der Waals surface area (Å²) >= 11 is 0. The minimum absolute atomic E-state index is 0.180. The fourth-order valence-corrected chi connectivity index (χ4v) is 3.01. The molecule has 1 aliphatic carbocycles. The second-order valence-corrected chi connectivity index (χ2v) is 5.21. The average Bonchev–Trinajstić information content (AvgIpc) is 2.78. The zero-order valence-electron chi connectivity index (χ0n) is 10.7. The standard InChI is InChI=1S/C14H19N3O/c1-16-6-8-17(9-7-16)14-12-5-3-2-4-11(12)10-13(14)15-18/h2-5,14,18H,6-10H2,1H3. The van der Waals surface area contributed by atoms with Gasteiger partial charge in [0.05, 0.1) is 11.8 Å². The number of rotatable bonds is 1. The van der Waals surface area contributed by atoms with Crippen LogP contribution < -0.4 is 0 Å². The third-order valence-corrected chi connectivity index (χ3v) is 4.07. The van der Waals surface area contributed by atoms with E-state index in [1.54, 1.807) is 0 Å². The summed E-state index contributed by atoms with van der Waals surface area (Å²) in [6, 6.07) is 8.61. The molecule has 0 saturated carbocycles. The molecule has 3 rings (SSSR count). The molecule has 1 atom stereocenters. The molecule has 0 radical (unpaired) electrons. The molecule has 0 amide bonds.